The Morgan fingerprint density at radius 3 is 2.75 bits per heavy atom. The number of amides is 1. The lowest BCUT2D eigenvalue weighted by atomic mass is 10.1. The summed E-state index contributed by atoms with van der Waals surface area (Å²) in [5, 5.41) is 0. The van der Waals surface area contributed by atoms with E-state index in [2.05, 4.69) is 4.98 Å². The van der Waals surface area contributed by atoms with E-state index >= 15 is 0 Å². The summed E-state index contributed by atoms with van der Waals surface area (Å²) < 4.78 is 11.7. The van der Waals surface area contributed by atoms with Gasteiger partial charge < -0.3 is 14.4 Å². The Balaban J connectivity index is 1.38. The molecule has 1 aromatic carbocycles. The fourth-order valence-corrected chi connectivity index (χ4v) is 3.72. The molecule has 0 spiro atoms. The molecule has 2 aliphatic rings. The first-order chi connectivity index (χ1) is 11.8. The van der Waals surface area contributed by atoms with Crippen LogP contribution in [0.2, 0.25) is 0 Å². The highest BCUT2D eigenvalue weighted by atomic mass is 16.5. The molecule has 5 nitrogen and oxygen atoms in total. The van der Waals surface area contributed by atoms with Crippen molar-refractivity contribution in [1.82, 2.24) is 9.88 Å². The maximum atomic E-state index is 12.5. The second kappa shape index (κ2) is 6.51. The average Bonchev–Trinajstić information content (AvgIpc) is 3.18. The summed E-state index contributed by atoms with van der Waals surface area (Å²) in [5.41, 5.74) is 0. The second-order valence-electron chi connectivity index (χ2n) is 6.32. The van der Waals surface area contributed by atoms with E-state index in [1.807, 2.05) is 47.4 Å². The van der Waals surface area contributed by atoms with Crippen molar-refractivity contribution >= 4 is 5.91 Å². The van der Waals surface area contributed by atoms with Crippen molar-refractivity contribution in [3.05, 3.63) is 54.9 Å². The van der Waals surface area contributed by atoms with Crippen LogP contribution >= 0.6 is 0 Å². The summed E-state index contributed by atoms with van der Waals surface area (Å²) >= 11 is 0. The Morgan fingerprint density at radius 2 is 1.96 bits per heavy atom. The molecule has 5 heteroatoms. The van der Waals surface area contributed by atoms with Crippen LogP contribution in [0.4, 0.5) is 0 Å². The third kappa shape index (κ3) is 2.94. The van der Waals surface area contributed by atoms with E-state index in [9.17, 15) is 4.79 Å². The molecule has 1 aliphatic heterocycles. The first-order valence-corrected chi connectivity index (χ1v) is 8.35. The second-order valence-corrected chi connectivity index (χ2v) is 6.32. The molecule has 1 saturated heterocycles. The van der Waals surface area contributed by atoms with Gasteiger partial charge in [-0.05, 0) is 37.1 Å². The molecule has 1 amide bonds. The van der Waals surface area contributed by atoms with Crippen LogP contribution < -0.4 is 9.47 Å². The van der Waals surface area contributed by atoms with Crippen LogP contribution in [0.1, 0.15) is 12.8 Å². The fourth-order valence-electron chi connectivity index (χ4n) is 3.72. The van der Waals surface area contributed by atoms with E-state index in [0.717, 1.165) is 30.9 Å². The Morgan fingerprint density at radius 1 is 1.12 bits per heavy atom. The molecule has 1 aliphatic carbocycles. The molecular weight excluding hydrogens is 304 g/mol. The van der Waals surface area contributed by atoms with Crippen molar-refractivity contribution in [3.63, 3.8) is 0 Å². The SMILES string of the molecule is O=C(COc1ccccc1)N1C[C@H]2CC[C@H]1[C@@H]2Oc1cccnc1. The van der Waals surface area contributed by atoms with Crippen LogP contribution in [0.5, 0.6) is 11.5 Å². The largest absolute Gasteiger partial charge is 0.486 e. The molecule has 2 fully saturated rings. The molecule has 1 aromatic heterocycles. The van der Waals surface area contributed by atoms with E-state index in [1.165, 1.54) is 0 Å². The molecule has 124 valence electrons. The molecule has 3 atom stereocenters. The van der Waals surface area contributed by atoms with E-state index in [-0.39, 0.29) is 24.7 Å². The molecule has 0 radical (unpaired) electrons. The van der Waals surface area contributed by atoms with Gasteiger partial charge in [0.1, 0.15) is 17.6 Å². The predicted octanol–water partition coefficient (Wildman–Crippen LogP) is 2.53. The number of rotatable bonds is 5. The monoisotopic (exact) mass is 324 g/mol. The van der Waals surface area contributed by atoms with E-state index < -0.39 is 0 Å². The van der Waals surface area contributed by atoms with Crippen molar-refractivity contribution in [1.29, 1.82) is 0 Å². The standard InChI is InChI=1S/C19H20N2O3/c22-18(13-23-15-5-2-1-3-6-15)21-12-14-8-9-17(21)19(14)24-16-7-4-10-20-11-16/h1-7,10-11,14,17,19H,8-9,12-13H2/t14-,17+,19-/m1/s1. The van der Waals surface area contributed by atoms with Gasteiger partial charge in [-0.15, -0.1) is 0 Å². The van der Waals surface area contributed by atoms with Crippen LogP contribution in [0, 0.1) is 5.92 Å². The quantitative estimate of drug-likeness (QED) is 0.848. The highest BCUT2D eigenvalue weighted by molar-refractivity contribution is 5.78. The first-order valence-electron chi connectivity index (χ1n) is 8.35. The molecule has 0 unspecified atom stereocenters. The van der Waals surface area contributed by atoms with Gasteiger partial charge in [-0.1, -0.05) is 18.2 Å². The summed E-state index contributed by atoms with van der Waals surface area (Å²) in [6.45, 7) is 0.833. The van der Waals surface area contributed by atoms with Crippen LogP contribution in [-0.4, -0.2) is 41.1 Å². The predicted molar refractivity (Wildman–Crippen MR) is 88.8 cm³/mol. The zero-order valence-electron chi connectivity index (χ0n) is 13.4. The van der Waals surface area contributed by atoms with Crippen LogP contribution in [0.15, 0.2) is 54.9 Å². The number of fused-ring (bicyclic) bond motifs is 2. The maximum Gasteiger partial charge on any atom is 0.260 e. The van der Waals surface area contributed by atoms with Crippen molar-refractivity contribution in [3.8, 4) is 11.5 Å². The molecule has 2 aromatic rings. The maximum absolute atomic E-state index is 12.5. The average molecular weight is 324 g/mol. The number of carbonyl (C=O) groups is 1. The van der Waals surface area contributed by atoms with Crippen LogP contribution in [0.3, 0.4) is 0 Å². The van der Waals surface area contributed by atoms with Crippen molar-refractivity contribution in [2.24, 2.45) is 5.92 Å². The van der Waals surface area contributed by atoms with Gasteiger partial charge in [0.15, 0.2) is 6.61 Å². The lowest BCUT2D eigenvalue weighted by molar-refractivity contribution is -0.135. The summed E-state index contributed by atoms with van der Waals surface area (Å²) in [6.07, 6.45) is 5.62. The highest BCUT2D eigenvalue weighted by Crippen LogP contribution is 2.40. The van der Waals surface area contributed by atoms with Crippen LogP contribution in [-0.2, 0) is 4.79 Å². The Kier molecular flexibility index (Phi) is 4.07. The number of hydrogen-bond donors (Lipinski definition) is 0. The zero-order chi connectivity index (χ0) is 16.4. The van der Waals surface area contributed by atoms with E-state index in [1.54, 1.807) is 12.4 Å². The third-order valence-corrected chi connectivity index (χ3v) is 4.84. The number of carbonyl (C=O) groups excluding carboxylic acids is 1. The van der Waals surface area contributed by atoms with Gasteiger partial charge in [0, 0.05) is 18.7 Å². The molecule has 1 saturated carbocycles. The molecule has 24 heavy (non-hydrogen) atoms. The van der Waals surface area contributed by atoms with Gasteiger partial charge in [0.2, 0.25) is 0 Å². The van der Waals surface area contributed by atoms with E-state index in [0.29, 0.717) is 5.92 Å². The number of likely N-dealkylation sites (tertiary alicyclic amines) is 1. The first kappa shape index (κ1) is 15.0. The van der Waals surface area contributed by atoms with Crippen molar-refractivity contribution < 1.29 is 14.3 Å². The topological polar surface area (TPSA) is 51.7 Å². The summed E-state index contributed by atoms with van der Waals surface area (Å²) in [6, 6.07) is 13.4. The fraction of sp³-hybridized carbons (Fsp3) is 0.368. The number of pyridine rings is 1. The highest BCUT2D eigenvalue weighted by Gasteiger charge is 2.50. The molecule has 2 bridgehead atoms. The number of hydrogen-bond acceptors (Lipinski definition) is 4. The number of nitrogens with zero attached hydrogens (tertiary/aromatic N) is 2. The summed E-state index contributed by atoms with van der Waals surface area (Å²) in [7, 11) is 0. The van der Waals surface area contributed by atoms with Gasteiger partial charge >= 0.3 is 0 Å². The lowest BCUT2D eigenvalue weighted by Crippen LogP contribution is -2.42. The van der Waals surface area contributed by atoms with Gasteiger partial charge in [-0.25, -0.2) is 0 Å². The molecule has 0 N–H and O–H groups in total. The van der Waals surface area contributed by atoms with Crippen molar-refractivity contribution in [2.75, 3.05) is 13.2 Å². The summed E-state index contributed by atoms with van der Waals surface area (Å²) in [4.78, 5) is 18.6. The number of piperidine rings is 1. The van der Waals surface area contributed by atoms with Gasteiger partial charge in [0.05, 0.1) is 12.2 Å². The van der Waals surface area contributed by atoms with Gasteiger partial charge in [0.25, 0.3) is 5.91 Å². The minimum atomic E-state index is 0.0332. The minimum Gasteiger partial charge on any atom is -0.486 e. The zero-order valence-corrected chi connectivity index (χ0v) is 13.4. The minimum absolute atomic E-state index is 0.0332. The lowest BCUT2D eigenvalue weighted by Gasteiger charge is -2.27. The number of para-hydroxylation sites is 1. The Bertz CT molecular complexity index is 692. The Labute approximate surface area is 141 Å². The van der Waals surface area contributed by atoms with Gasteiger partial charge in [-0.3, -0.25) is 9.78 Å². The van der Waals surface area contributed by atoms with Gasteiger partial charge in [-0.2, -0.15) is 0 Å². The number of aromatic nitrogens is 1. The van der Waals surface area contributed by atoms with E-state index in [4.69, 9.17) is 9.47 Å². The number of ether oxygens (including phenoxy) is 2. The normalized spacial score (nSPS) is 24.8. The summed E-state index contributed by atoms with van der Waals surface area (Å²) in [5.74, 6) is 1.93. The molecular formula is C19H20N2O3. The third-order valence-electron chi connectivity index (χ3n) is 4.84. The van der Waals surface area contributed by atoms with Crippen LogP contribution in [0.25, 0.3) is 0 Å². The smallest absolute Gasteiger partial charge is 0.260 e. The molecule has 2 heterocycles. The molecule has 4 rings (SSSR count). The number of benzene rings is 1. The van der Waals surface area contributed by atoms with Crippen molar-refractivity contribution in [2.45, 2.75) is 25.0 Å². The Hall–Kier alpha value is -2.56.